The Kier molecular flexibility index (Phi) is 4.73. The van der Waals surface area contributed by atoms with E-state index in [1.807, 2.05) is 41.8 Å². The Morgan fingerprint density at radius 2 is 2.10 bits per heavy atom. The highest BCUT2D eigenvalue weighted by molar-refractivity contribution is 7.13. The molecule has 3 heterocycles. The highest BCUT2D eigenvalue weighted by Crippen LogP contribution is 2.31. The fraction of sp³-hybridized carbons (Fsp3) is 0.182. The molecule has 1 aliphatic rings. The largest absolute Gasteiger partial charge is 0.346 e. The quantitative estimate of drug-likeness (QED) is 0.513. The van der Waals surface area contributed by atoms with Crippen LogP contribution in [0.4, 0.5) is 0 Å². The van der Waals surface area contributed by atoms with Crippen LogP contribution in [0.15, 0.2) is 48.0 Å². The Morgan fingerprint density at radius 3 is 2.97 bits per heavy atom. The SMILES string of the molecule is O=C(NCc1csc(-c2ccccn2)n1)c1c2c(nc3ccc(Cl)cc13)CCC2. The third-order valence-corrected chi connectivity index (χ3v) is 6.22. The lowest BCUT2D eigenvalue weighted by Crippen LogP contribution is -2.25. The Labute approximate surface area is 176 Å². The maximum Gasteiger partial charge on any atom is 0.252 e. The summed E-state index contributed by atoms with van der Waals surface area (Å²) in [6.07, 6.45) is 4.55. The summed E-state index contributed by atoms with van der Waals surface area (Å²) in [6, 6.07) is 11.3. The molecule has 0 spiro atoms. The van der Waals surface area contributed by atoms with Gasteiger partial charge in [0.15, 0.2) is 0 Å². The molecule has 144 valence electrons. The van der Waals surface area contributed by atoms with Crippen LogP contribution < -0.4 is 5.32 Å². The summed E-state index contributed by atoms with van der Waals surface area (Å²) < 4.78 is 0. The summed E-state index contributed by atoms with van der Waals surface area (Å²) in [7, 11) is 0. The van der Waals surface area contributed by atoms with Crippen LogP contribution in [-0.2, 0) is 19.4 Å². The summed E-state index contributed by atoms with van der Waals surface area (Å²) >= 11 is 7.73. The molecule has 0 fully saturated rings. The van der Waals surface area contributed by atoms with Crippen LogP contribution in [0, 0.1) is 0 Å². The van der Waals surface area contributed by atoms with Crippen molar-refractivity contribution in [2.75, 3.05) is 0 Å². The lowest BCUT2D eigenvalue weighted by molar-refractivity contribution is 0.0951. The molecule has 0 radical (unpaired) electrons. The minimum Gasteiger partial charge on any atom is -0.346 e. The molecule has 5 rings (SSSR count). The van der Waals surface area contributed by atoms with Crippen molar-refractivity contribution in [2.45, 2.75) is 25.8 Å². The Hall–Kier alpha value is -2.83. The summed E-state index contributed by atoms with van der Waals surface area (Å²) in [5.74, 6) is -0.106. The predicted molar refractivity (Wildman–Crippen MR) is 115 cm³/mol. The van der Waals surface area contributed by atoms with Crippen LogP contribution in [0.25, 0.3) is 21.6 Å². The molecule has 4 aromatic rings. The molecule has 0 aliphatic heterocycles. The molecular formula is C22H17ClN4OS. The van der Waals surface area contributed by atoms with E-state index >= 15 is 0 Å². The Balaban J connectivity index is 1.43. The number of carbonyl (C=O) groups is 1. The maximum absolute atomic E-state index is 13.2. The second kappa shape index (κ2) is 7.54. The number of pyridine rings is 2. The smallest absolute Gasteiger partial charge is 0.252 e. The molecule has 5 nitrogen and oxygen atoms in total. The standard InChI is InChI=1S/C22H17ClN4OS/c23-13-7-8-18-16(10-13)20(15-4-3-6-17(15)27-18)21(28)25-11-14-12-29-22(26-14)19-5-1-2-9-24-19/h1-2,5,7-10,12H,3-4,6,11H2,(H,25,28). The van der Waals surface area contributed by atoms with E-state index in [-0.39, 0.29) is 5.91 Å². The van der Waals surface area contributed by atoms with E-state index in [1.54, 1.807) is 6.20 Å². The highest BCUT2D eigenvalue weighted by atomic mass is 35.5. The zero-order valence-corrected chi connectivity index (χ0v) is 17.1. The van der Waals surface area contributed by atoms with Gasteiger partial charge in [-0.25, -0.2) is 4.98 Å². The normalized spacial score (nSPS) is 12.9. The number of aromatic nitrogens is 3. The summed E-state index contributed by atoms with van der Waals surface area (Å²) in [4.78, 5) is 26.8. The third-order valence-electron chi connectivity index (χ3n) is 5.07. The molecule has 7 heteroatoms. The number of rotatable bonds is 4. The Morgan fingerprint density at radius 1 is 1.17 bits per heavy atom. The van der Waals surface area contributed by atoms with Crippen molar-refractivity contribution in [3.8, 4) is 10.7 Å². The number of hydrogen-bond acceptors (Lipinski definition) is 5. The van der Waals surface area contributed by atoms with E-state index in [1.165, 1.54) is 11.3 Å². The van der Waals surface area contributed by atoms with Crippen molar-refractivity contribution in [3.05, 3.63) is 75.5 Å². The summed E-state index contributed by atoms with van der Waals surface area (Å²) in [6.45, 7) is 0.362. The van der Waals surface area contributed by atoms with Crippen molar-refractivity contribution >= 4 is 39.7 Å². The molecule has 1 amide bonds. The fourth-order valence-electron chi connectivity index (χ4n) is 3.75. The number of aryl methyl sites for hydroxylation is 1. The van der Waals surface area contributed by atoms with E-state index in [9.17, 15) is 4.79 Å². The highest BCUT2D eigenvalue weighted by Gasteiger charge is 2.24. The van der Waals surface area contributed by atoms with Crippen molar-refractivity contribution in [1.82, 2.24) is 20.3 Å². The minimum absolute atomic E-state index is 0.106. The number of carbonyl (C=O) groups excluding carboxylic acids is 1. The lowest BCUT2D eigenvalue weighted by atomic mass is 10.0. The monoisotopic (exact) mass is 420 g/mol. The number of benzene rings is 1. The third kappa shape index (κ3) is 3.50. The van der Waals surface area contributed by atoms with Gasteiger partial charge in [-0.3, -0.25) is 14.8 Å². The first-order chi connectivity index (χ1) is 14.2. The number of nitrogens with one attached hydrogen (secondary N) is 1. The minimum atomic E-state index is -0.106. The first-order valence-corrected chi connectivity index (χ1v) is 10.7. The molecule has 1 N–H and O–H groups in total. The second-order valence-corrected chi connectivity index (χ2v) is 8.26. The van der Waals surface area contributed by atoms with E-state index < -0.39 is 0 Å². The topological polar surface area (TPSA) is 67.8 Å². The Bertz CT molecular complexity index is 1220. The summed E-state index contributed by atoms with van der Waals surface area (Å²) in [5, 5.41) is 7.25. The van der Waals surface area contributed by atoms with Crippen molar-refractivity contribution in [2.24, 2.45) is 0 Å². The number of nitrogens with zero attached hydrogens (tertiary/aromatic N) is 3. The van der Waals surface area contributed by atoms with Gasteiger partial charge in [-0.15, -0.1) is 11.3 Å². The van der Waals surface area contributed by atoms with Gasteiger partial charge in [0.2, 0.25) is 0 Å². The van der Waals surface area contributed by atoms with Crippen LogP contribution in [0.1, 0.15) is 33.7 Å². The number of amides is 1. The molecule has 0 unspecified atom stereocenters. The van der Waals surface area contributed by atoms with Crippen LogP contribution >= 0.6 is 22.9 Å². The van der Waals surface area contributed by atoms with Crippen LogP contribution in [-0.4, -0.2) is 20.9 Å². The first kappa shape index (κ1) is 18.2. The number of halogens is 1. The van der Waals surface area contributed by atoms with Gasteiger partial charge in [0, 0.05) is 27.7 Å². The van der Waals surface area contributed by atoms with Gasteiger partial charge >= 0.3 is 0 Å². The predicted octanol–water partition coefficient (Wildman–Crippen LogP) is 4.83. The van der Waals surface area contributed by atoms with Gasteiger partial charge in [0.05, 0.1) is 29.0 Å². The number of thiazole rings is 1. The first-order valence-electron chi connectivity index (χ1n) is 9.44. The molecule has 0 atom stereocenters. The van der Waals surface area contributed by atoms with Crippen LogP contribution in [0.3, 0.4) is 0 Å². The van der Waals surface area contributed by atoms with Gasteiger partial charge in [0.1, 0.15) is 5.01 Å². The molecule has 1 aromatic carbocycles. The van der Waals surface area contributed by atoms with Crippen LogP contribution in [0.5, 0.6) is 0 Å². The zero-order chi connectivity index (χ0) is 19.8. The van der Waals surface area contributed by atoms with Gasteiger partial charge in [-0.2, -0.15) is 0 Å². The fourth-order valence-corrected chi connectivity index (χ4v) is 4.72. The van der Waals surface area contributed by atoms with Crippen molar-refractivity contribution in [3.63, 3.8) is 0 Å². The second-order valence-electron chi connectivity index (χ2n) is 6.97. The maximum atomic E-state index is 13.2. The van der Waals surface area contributed by atoms with E-state index in [2.05, 4.69) is 15.3 Å². The molecule has 0 saturated heterocycles. The zero-order valence-electron chi connectivity index (χ0n) is 15.5. The number of hydrogen-bond donors (Lipinski definition) is 1. The van der Waals surface area contributed by atoms with E-state index in [0.717, 1.165) is 57.8 Å². The molecule has 29 heavy (non-hydrogen) atoms. The summed E-state index contributed by atoms with van der Waals surface area (Å²) in [5.41, 5.74) is 5.23. The molecule has 1 aliphatic carbocycles. The average molecular weight is 421 g/mol. The van der Waals surface area contributed by atoms with E-state index in [4.69, 9.17) is 16.6 Å². The van der Waals surface area contributed by atoms with Gasteiger partial charge in [0.25, 0.3) is 5.91 Å². The molecule has 3 aromatic heterocycles. The molecule has 0 bridgehead atoms. The van der Waals surface area contributed by atoms with Gasteiger partial charge in [-0.05, 0) is 55.2 Å². The van der Waals surface area contributed by atoms with E-state index in [0.29, 0.717) is 17.1 Å². The molecular weight excluding hydrogens is 404 g/mol. The van der Waals surface area contributed by atoms with Gasteiger partial charge < -0.3 is 5.32 Å². The molecule has 0 saturated carbocycles. The van der Waals surface area contributed by atoms with Gasteiger partial charge in [-0.1, -0.05) is 17.7 Å². The van der Waals surface area contributed by atoms with Crippen molar-refractivity contribution < 1.29 is 4.79 Å². The number of fused-ring (bicyclic) bond motifs is 2. The van der Waals surface area contributed by atoms with Crippen molar-refractivity contribution in [1.29, 1.82) is 0 Å². The average Bonchev–Trinajstić information content (AvgIpc) is 3.40. The lowest BCUT2D eigenvalue weighted by Gasteiger charge is -2.12. The van der Waals surface area contributed by atoms with Crippen LogP contribution in [0.2, 0.25) is 5.02 Å².